The largest absolute Gasteiger partial charge is 0.478 e. The Morgan fingerprint density at radius 1 is 1.03 bits per heavy atom. The lowest BCUT2D eigenvalue weighted by Gasteiger charge is -2.69. The number of aliphatic hydroxyl groups excluding tert-OH is 2. The molecule has 0 heterocycles. The van der Waals surface area contributed by atoms with Gasteiger partial charge in [0.1, 0.15) is 6.10 Å². The summed E-state index contributed by atoms with van der Waals surface area (Å²) >= 11 is 0. The van der Waals surface area contributed by atoms with Gasteiger partial charge in [0.2, 0.25) is 0 Å². The predicted octanol–water partition coefficient (Wildman–Crippen LogP) is 4.84. The van der Waals surface area contributed by atoms with Gasteiger partial charge in [-0.15, -0.1) is 0 Å². The Bertz CT molecular complexity index is 996. The molecular formula is C31H50O7. The minimum absolute atomic E-state index is 0. The van der Waals surface area contributed by atoms with Gasteiger partial charge in [-0.2, -0.15) is 0 Å². The Morgan fingerprint density at radius 2 is 1.68 bits per heavy atom. The number of carbonyl (C=O) groups is 2. The summed E-state index contributed by atoms with van der Waals surface area (Å²) in [5, 5.41) is 32.9. The second-order valence-electron chi connectivity index (χ2n) is 13.6. The van der Waals surface area contributed by atoms with Crippen molar-refractivity contribution >= 4 is 11.9 Å². The highest BCUT2D eigenvalue weighted by molar-refractivity contribution is 5.88. The van der Waals surface area contributed by atoms with Crippen molar-refractivity contribution in [1.82, 2.24) is 0 Å². The van der Waals surface area contributed by atoms with Gasteiger partial charge in [0.15, 0.2) is 0 Å². The first-order chi connectivity index (χ1) is 17.2. The molecular weight excluding hydrogens is 484 g/mol. The van der Waals surface area contributed by atoms with Crippen molar-refractivity contribution in [1.29, 1.82) is 0 Å². The summed E-state index contributed by atoms with van der Waals surface area (Å²) < 4.78 is 5.87. The Kier molecular flexibility index (Phi) is 8.68. The Morgan fingerprint density at radius 3 is 2.26 bits per heavy atom. The van der Waals surface area contributed by atoms with E-state index in [9.17, 15) is 24.9 Å². The van der Waals surface area contributed by atoms with E-state index in [0.717, 1.165) is 36.8 Å². The van der Waals surface area contributed by atoms with Crippen LogP contribution < -0.4 is 0 Å². The fraction of sp³-hybridized carbons (Fsp3) is 0.806. The van der Waals surface area contributed by atoms with E-state index in [2.05, 4.69) is 27.7 Å². The number of aliphatic hydroxyl groups is 2. The molecule has 0 bridgehead atoms. The third-order valence-electron chi connectivity index (χ3n) is 11.6. The molecule has 0 saturated heterocycles. The molecule has 0 radical (unpaired) electrons. The number of allylic oxidation sites excluding steroid dienone is 2. The molecule has 0 spiro atoms. The maximum absolute atomic E-state index is 12.6. The van der Waals surface area contributed by atoms with E-state index in [0.29, 0.717) is 37.2 Å². The topological polar surface area (TPSA) is 136 Å². The molecule has 7 heteroatoms. The molecule has 4 aliphatic rings. The fourth-order valence-corrected chi connectivity index (χ4v) is 9.79. The highest BCUT2D eigenvalue weighted by atomic mass is 16.5. The maximum atomic E-state index is 12.6. The highest BCUT2D eigenvalue weighted by Gasteiger charge is 2.70. The van der Waals surface area contributed by atoms with Crippen LogP contribution in [0.3, 0.4) is 0 Å². The number of hydrogen-bond acceptors (Lipinski definition) is 5. The van der Waals surface area contributed by atoms with Crippen LogP contribution in [0, 0.1) is 39.9 Å². The first kappa shape index (κ1) is 30.8. The number of fused-ring (bicyclic) bond motifs is 5. The molecule has 1 unspecified atom stereocenters. The van der Waals surface area contributed by atoms with E-state index in [1.165, 1.54) is 6.92 Å². The molecule has 4 rings (SSSR count). The van der Waals surface area contributed by atoms with Crippen LogP contribution in [0.25, 0.3) is 0 Å². The van der Waals surface area contributed by atoms with Crippen molar-refractivity contribution < 1.29 is 35.1 Å². The zero-order valence-electron chi connectivity index (χ0n) is 24.3. The van der Waals surface area contributed by atoms with Gasteiger partial charge < -0.3 is 25.5 Å². The number of carboxylic acid groups (broad SMARTS) is 1. The van der Waals surface area contributed by atoms with E-state index in [1.807, 2.05) is 19.9 Å². The number of carboxylic acids is 1. The van der Waals surface area contributed by atoms with E-state index in [1.54, 1.807) is 0 Å². The Labute approximate surface area is 228 Å². The molecule has 0 amide bonds. The van der Waals surface area contributed by atoms with Crippen molar-refractivity contribution in [3.63, 3.8) is 0 Å². The summed E-state index contributed by atoms with van der Waals surface area (Å²) in [5.41, 5.74) is 1.57. The van der Waals surface area contributed by atoms with Crippen molar-refractivity contribution in [2.45, 2.75) is 118 Å². The second-order valence-corrected chi connectivity index (χ2v) is 13.6. The second kappa shape index (κ2) is 10.7. The SMILES string of the molecule is CC(=O)OC1C[C@@]2(C)[C@@H](C[C@@H](O)[C@H]3[C@@]4(C)CC[C@@H](O)[C@@H](C)[C@@H]4CC[C@@]32C)/C1=C(\CCC=C(C)C)C(=O)O.O. The summed E-state index contributed by atoms with van der Waals surface area (Å²) in [4.78, 5) is 24.8. The van der Waals surface area contributed by atoms with Crippen LogP contribution in [-0.4, -0.2) is 51.0 Å². The number of aliphatic carboxylic acids is 1. The standard InChI is InChI=1S/C31H48O6.H2O/c1-17(2)9-8-10-20(28(35)36)26-22-15-24(34)27-29(5)13-12-23(33)18(3)21(29)11-14-30(27,6)31(22,7)16-25(26)37-19(4)32;/h9,18,21-25,27,33-34H,8,10-16H2,1-7H3,(H,35,36);1H2/b26-20-;/t18-,21-,22-,23+,24+,25?,27-,29-,30-,31-;/m0./s1. The molecule has 0 aliphatic heterocycles. The van der Waals surface area contributed by atoms with Crippen molar-refractivity contribution in [3.8, 4) is 0 Å². The lowest BCUT2D eigenvalue weighted by Crippen LogP contribution is -2.65. The van der Waals surface area contributed by atoms with E-state index < -0.39 is 24.1 Å². The van der Waals surface area contributed by atoms with E-state index in [4.69, 9.17) is 4.74 Å². The average Bonchev–Trinajstić information content (AvgIpc) is 3.05. The third kappa shape index (κ3) is 4.66. The molecule has 4 aliphatic carbocycles. The monoisotopic (exact) mass is 534 g/mol. The molecule has 0 aromatic carbocycles. The van der Waals surface area contributed by atoms with Crippen molar-refractivity contribution in [2.24, 2.45) is 39.9 Å². The first-order valence-corrected chi connectivity index (χ1v) is 14.3. The van der Waals surface area contributed by atoms with Crippen LogP contribution in [0.1, 0.15) is 99.8 Å². The lowest BCUT2D eigenvalue weighted by atomic mass is 9.36. The number of esters is 1. The summed E-state index contributed by atoms with van der Waals surface area (Å²) in [6, 6.07) is 0. The fourth-order valence-electron chi connectivity index (χ4n) is 9.79. The molecule has 4 fully saturated rings. The number of rotatable bonds is 5. The summed E-state index contributed by atoms with van der Waals surface area (Å²) in [6.07, 6.45) is 6.22. The van der Waals surface area contributed by atoms with Gasteiger partial charge >= 0.3 is 11.9 Å². The minimum Gasteiger partial charge on any atom is -0.478 e. The van der Waals surface area contributed by atoms with Gasteiger partial charge in [0.05, 0.1) is 12.2 Å². The van der Waals surface area contributed by atoms with E-state index in [-0.39, 0.29) is 45.6 Å². The third-order valence-corrected chi connectivity index (χ3v) is 11.6. The molecule has 4 saturated carbocycles. The van der Waals surface area contributed by atoms with Crippen LogP contribution >= 0.6 is 0 Å². The highest BCUT2D eigenvalue weighted by Crippen LogP contribution is 2.74. The first-order valence-electron chi connectivity index (χ1n) is 14.3. The lowest BCUT2D eigenvalue weighted by molar-refractivity contribution is -0.234. The molecule has 216 valence electrons. The molecule has 10 atom stereocenters. The van der Waals surface area contributed by atoms with Crippen molar-refractivity contribution in [3.05, 3.63) is 22.8 Å². The van der Waals surface area contributed by atoms with Crippen LogP contribution in [0.2, 0.25) is 0 Å². The average molecular weight is 535 g/mol. The smallest absolute Gasteiger partial charge is 0.331 e. The van der Waals surface area contributed by atoms with Crippen molar-refractivity contribution in [2.75, 3.05) is 0 Å². The quantitative estimate of drug-likeness (QED) is 0.262. The Balaban J connectivity index is 0.00000400. The normalized spacial score (nSPS) is 45.0. The zero-order valence-corrected chi connectivity index (χ0v) is 24.3. The van der Waals surface area contributed by atoms with Gasteiger partial charge in [0.25, 0.3) is 0 Å². The summed E-state index contributed by atoms with van der Waals surface area (Å²) in [6.45, 7) is 14.5. The van der Waals surface area contributed by atoms with Crippen LogP contribution in [0.5, 0.6) is 0 Å². The number of hydrogen-bond donors (Lipinski definition) is 3. The van der Waals surface area contributed by atoms with E-state index >= 15 is 0 Å². The van der Waals surface area contributed by atoms with Gasteiger partial charge in [-0.1, -0.05) is 39.3 Å². The molecule has 7 nitrogen and oxygen atoms in total. The number of ether oxygens (including phenoxy) is 1. The van der Waals surface area contributed by atoms with Crippen LogP contribution in [0.4, 0.5) is 0 Å². The minimum atomic E-state index is -0.953. The summed E-state index contributed by atoms with van der Waals surface area (Å²) in [5.74, 6) is -0.909. The maximum Gasteiger partial charge on any atom is 0.331 e. The van der Waals surface area contributed by atoms with Gasteiger partial charge in [-0.3, -0.25) is 4.79 Å². The van der Waals surface area contributed by atoms with Gasteiger partial charge in [-0.05, 0) is 111 Å². The molecule has 5 N–H and O–H groups in total. The van der Waals surface area contributed by atoms with Gasteiger partial charge in [0, 0.05) is 12.5 Å². The molecule has 0 aromatic heterocycles. The number of carbonyl (C=O) groups excluding carboxylic acids is 1. The Hall–Kier alpha value is -1.70. The molecule has 38 heavy (non-hydrogen) atoms. The predicted molar refractivity (Wildman–Crippen MR) is 146 cm³/mol. The van der Waals surface area contributed by atoms with Crippen LogP contribution in [-0.2, 0) is 14.3 Å². The van der Waals surface area contributed by atoms with Gasteiger partial charge in [-0.25, -0.2) is 4.79 Å². The molecule has 0 aromatic rings. The zero-order chi connectivity index (χ0) is 27.5. The summed E-state index contributed by atoms with van der Waals surface area (Å²) in [7, 11) is 0. The van der Waals surface area contributed by atoms with Crippen LogP contribution in [0.15, 0.2) is 22.8 Å².